The van der Waals surface area contributed by atoms with Crippen molar-refractivity contribution in [1.82, 2.24) is 0 Å². The summed E-state index contributed by atoms with van der Waals surface area (Å²) in [6.07, 6.45) is 5.06. The summed E-state index contributed by atoms with van der Waals surface area (Å²) in [5.74, 6) is -3.29. The molecule has 44 heavy (non-hydrogen) atoms. The van der Waals surface area contributed by atoms with E-state index in [1.165, 1.54) is 54.6 Å². The SMILES string of the molecule is N#Cc1c(F)cc(-c2ccc(OC(=O)CCCCCCCCC(=O)Oc3ccc(-c4ccc(F)cc4)c(F)c3)cc2)cc1F. The Hall–Kier alpha value is -4.97. The van der Waals surface area contributed by atoms with Gasteiger partial charge in [0.1, 0.15) is 46.4 Å². The van der Waals surface area contributed by atoms with Crippen LogP contribution in [-0.2, 0) is 9.59 Å². The number of nitriles is 1. The molecular weight excluding hydrogens is 574 g/mol. The average Bonchev–Trinajstić information content (AvgIpc) is 2.99. The van der Waals surface area contributed by atoms with E-state index in [0.29, 0.717) is 29.7 Å². The molecule has 0 spiro atoms. The Kier molecular flexibility index (Phi) is 11.2. The fraction of sp³-hybridized carbons (Fsp3) is 0.229. The highest BCUT2D eigenvalue weighted by Gasteiger charge is 2.13. The second-order valence-corrected chi connectivity index (χ2v) is 10.2. The molecule has 0 saturated heterocycles. The van der Waals surface area contributed by atoms with Crippen LogP contribution in [0.3, 0.4) is 0 Å². The average molecular weight is 604 g/mol. The molecule has 4 aromatic rings. The zero-order chi connectivity index (χ0) is 31.5. The topological polar surface area (TPSA) is 76.4 Å². The van der Waals surface area contributed by atoms with E-state index in [4.69, 9.17) is 14.7 Å². The van der Waals surface area contributed by atoms with E-state index in [1.54, 1.807) is 12.1 Å². The van der Waals surface area contributed by atoms with Crippen LogP contribution in [0.15, 0.2) is 78.9 Å². The van der Waals surface area contributed by atoms with Gasteiger partial charge in [-0.25, -0.2) is 17.6 Å². The minimum absolute atomic E-state index is 0.110. The number of unbranched alkanes of at least 4 members (excludes halogenated alkanes) is 5. The fourth-order valence-electron chi connectivity index (χ4n) is 4.60. The van der Waals surface area contributed by atoms with Crippen molar-refractivity contribution in [2.75, 3.05) is 0 Å². The van der Waals surface area contributed by atoms with Gasteiger partial charge in [-0.05, 0) is 78.1 Å². The number of carbonyl (C=O) groups is 2. The lowest BCUT2D eigenvalue weighted by Crippen LogP contribution is -2.08. The second-order valence-electron chi connectivity index (χ2n) is 10.2. The van der Waals surface area contributed by atoms with Crippen molar-refractivity contribution in [3.05, 3.63) is 108 Å². The molecule has 0 aliphatic carbocycles. The Morgan fingerprint density at radius 1 is 0.568 bits per heavy atom. The first-order chi connectivity index (χ1) is 21.2. The van der Waals surface area contributed by atoms with Gasteiger partial charge in [0.25, 0.3) is 0 Å². The normalized spacial score (nSPS) is 10.7. The van der Waals surface area contributed by atoms with Crippen LogP contribution in [0.25, 0.3) is 22.3 Å². The van der Waals surface area contributed by atoms with Gasteiger partial charge in [0.05, 0.1) is 0 Å². The lowest BCUT2D eigenvalue weighted by Gasteiger charge is -2.08. The van der Waals surface area contributed by atoms with E-state index in [9.17, 15) is 27.2 Å². The Balaban J connectivity index is 1.08. The van der Waals surface area contributed by atoms with Crippen LogP contribution in [0.5, 0.6) is 11.5 Å². The number of nitrogens with zero attached hydrogens (tertiary/aromatic N) is 1. The van der Waals surface area contributed by atoms with Crippen LogP contribution in [0.4, 0.5) is 17.6 Å². The van der Waals surface area contributed by atoms with Crippen molar-refractivity contribution in [3.8, 4) is 39.8 Å². The molecule has 0 atom stereocenters. The molecule has 226 valence electrons. The third kappa shape index (κ3) is 9.01. The summed E-state index contributed by atoms with van der Waals surface area (Å²) in [5.41, 5.74) is 0.932. The summed E-state index contributed by atoms with van der Waals surface area (Å²) in [6.45, 7) is 0. The predicted molar refractivity (Wildman–Crippen MR) is 157 cm³/mol. The van der Waals surface area contributed by atoms with Crippen LogP contribution < -0.4 is 9.47 Å². The first-order valence-electron chi connectivity index (χ1n) is 14.2. The third-order valence-corrected chi connectivity index (χ3v) is 6.91. The van der Waals surface area contributed by atoms with Gasteiger partial charge in [0, 0.05) is 24.5 Å². The Bertz CT molecular complexity index is 1620. The molecule has 4 rings (SSSR count). The van der Waals surface area contributed by atoms with Crippen molar-refractivity contribution < 1.29 is 36.6 Å². The van der Waals surface area contributed by atoms with Gasteiger partial charge in [-0.1, -0.05) is 49.9 Å². The molecule has 0 fully saturated rings. The molecule has 0 bridgehead atoms. The zero-order valence-corrected chi connectivity index (χ0v) is 23.8. The molecule has 0 unspecified atom stereocenters. The molecule has 0 radical (unpaired) electrons. The summed E-state index contributed by atoms with van der Waals surface area (Å²) >= 11 is 0. The Labute approximate surface area is 252 Å². The van der Waals surface area contributed by atoms with Crippen molar-refractivity contribution in [2.45, 2.75) is 51.4 Å². The van der Waals surface area contributed by atoms with Crippen LogP contribution in [-0.4, -0.2) is 11.9 Å². The van der Waals surface area contributed by atoms with Gasteiger partial charge in [-0.3, -0.25) is 9.59 Å². The molecule has 9 heteroatoms. The number of hydrogen-bond acceptors (Lipinski definition) is 5. The molecule has 4 aromatic carbocycles. The number of hydrogen-bond donors (Lipinski definition) is 0. The highest BCUT2D eigenvalue weighted by molar-refractivity contribution is 5.74. The number of carbonyl (C=O) groups excluding carboxylic acids is 2. The summed E-state index contributed by atoms with van der Waals surface area (Å²) in [7, 11) is 0. The number of esters is 2. The van der Waals surface area contributed by atoms with Crippen LogP contribution in [0, 0.1) is 34.6 Å². The predicted octanol–water partition coefficient (Wildman–Crippen LogP) is 9.08. The maximum atomic E-state index is 14.5. The molecule has 0 saturated carbocycles. The fourth-order valence-corrected chi connectivity index (χ4v) is 4.60. The maximum Gasteiger partial charge on any atom is 0.311 e. The first-order valence-corrected chi connectivity index (χ1v) is 14.2. The van der Waals surface area contributed by atoms with Crippen LogP contribution >= 0.6 is 0 Å². The smallest absolute Gasteiger partial charge is 0.311 e. The van der Waals surface area contributed by atoms with Gasteiger partial charge in [-0.2, -0.15) is 5.26 Å². The second kappa shape index (κ2) is 15.5. The maximum absolute atomic E-state index is 14.5. The molecule has 0 aliphatic rings. The minimum Gasteiger partial charge on any atom is -0.427 e. The van der Waals surface area contributed by atoms with E-state index in [1.807, 2.05) is 0 Å². The standard InChI is InChI=1S/C35H29F4NO4/c36-26-13-9-24(10-14-26)29-18-17-28(21-33(29)39)44-35(42)8-6-4-2-1-3-5-7-34(41)43-27-15-11-23(12-16-27)25-19-31(37)30(22-40)32(38)20-25/h9-21H,1-8H2. The number of rotatable bonds is 13. The Morgan fingerprint density at radius 3 is 1.61 bits per heavy atom. The number of benzene rings is 4. The van der Waals surface area contributed by atoms with Crippen molar-refractivity contribution in [3.63, 3.8) is 0 Å². The summed E-state index contributed by atoms with van der Waals surface area (Å²) in [4.78, 5) is 24.3. The number of halogens is 4. The van der Waals surface area contributed by atoms with Crippen molar-refractivity contribution in [2.24, 2.45) is 0 Å². The van der Waals surface area contributed by atoms with Gasteiger partial charge in [0.2, 0.25) is 0 Å². The molecular formula is C35H29F4NO4. The van der Waals surface area contributed by atoms with E-state index in [0.717, 1.165) is 43.9 Å². The highest BCUT2D eigenvalue weighted by atomic mass is 19.1. The summed E-state index contributed by atoms with van der Waals surface area (Å²) in [5, 5.41) is 8.80. The van der Waals surface area contributed by atoms with Gasteiger partial charge >= 0.3 is 11.9 Å². The monoisotopic (exact) mass is 603 g/mol. The molecule has 0 N–H and O–H groups in total. The van der Waals surface area contributed by atoms with Crippen LogP contribution in [0.2, 0.25) is 0 Å². The van der Waals surface area contributed by atoms with Gasteiger partial charge < -0.3 is 9.47 Å². The summed E-state index contributed by atoms with van der Waals surface area (Å²) < 4.78 is 65.9. The Morgan fingerprint density at radius 2 is 1.07 bits per heavy atom. The molecule has 0 aliphatic heterocycles. The van der Waals surface area contributed by atoms with E-state index in [2.05, 4.69) is 0 Å². The minimum atomic E-state index is -0.943. The largest absolute Gasteiger partial charge is 0.427 e. The van der Waals surface area contributed by atoms with Crippen molar-refractivity contribution >= 4 is 11.9 Å². The van der Waals surface area contributed by atoms with Gasteiger partial charge in [-0.15, -0.1) is 0 Å². The third-order valence-electron chi connectivity index (χ3n) is 6.91. The molecule has 0 aromatic heterocycles. The molecule has 5 nitrogen and oxygen atoms in total. The van der Waals surface area contributed by atoms with E-state index < -0.39 is 40.8 Å². The molecule has 0 heterocycles. The van der Waals surface area contributed by atoms with Gasteiger partial charge in [0.15, 0.2) is 0 Å². The highest BCUT2D eigenvalue weighted by Crippen LogP contribution is 2.28. The van der Waals surface area contributed by atoms with E-state index in [-0.39, 0.29) is 29.7 Å². The van der Waals surface area contributed by atoms with E-state index >= 15 is 0 Å². The lowest BCUT2D eigenvalue weighted by atomic mass is 10.0. The lowest BCUT2D eigenvalue weighted by molar-refractivity contribution is -0.135. The van der Waals surface area contributed by atoms with Crippen LogP contribution in [0.1, 0.15) is 56.9 Å². The number of ether oxygens (including phenoxy) is 2. The van der Waals surface area contributed by atoms with Crippen molar-refractivity contribution in [1.29, 1.82) is 5.26 Å². The first kappa shape index (κ1) is 32.0. The summed E-state index contributed by atoms with van der Waals surface area (Å²) in [6, 6.07) is 19.4. The zero-order valence-electron chi connectivity index (χ0n) is 23.8. The molecule has 0 amide bonds. The quantitative estimate of drug-likeness (QED) is 0.0660.